The second-order valence-corrected chi connectivity index (χ2v) is 8.62. The minimum atomic E-state index is -3.71. The number of nitrogens with zero attached hydrogens (tertiary/aromatic N) is 3. The minimum Gasteiger partial charge on any atom is -0.497 e. The molecule has 1 fully saturated rings. The molecular formula is C15H15ClN3O4S2. The van der Waals surface area contributed by atoms with Crippen molar-refractivity contribution in [1.82, 2.24) is 9.29 Å². The first-order valence-corrected chi connectivity index (χ1v) is 10.0. The topological polar surface area (TPSA) is 79.8 Å². The van der Waals surface area contributed by atoms with E-state index in [9.17, 15) is 13.2 Å². The van der Waals surface area contributed by atoms with Gasteiger partial charge < -0.3 is 9.64 Å². The van der Waals surface area contributed by atoms with Crippen LogP contribution in [0, 0.1) is 0 Å². The lowest BCUT2D eigenvalue weighted by Gasteiger charge is -2.33. The largest absolute Gasteiger partial charge is 0.497 e. The summed E-state index contributed by atoms with van der Waals surface area (Å²) in [6, 6.07) is 4.55. The Morgan fingerprint density at radius 3 is 2.60 bits per heavy atom. The second kappa shape index (κ2) is 7.28. The van der Waals surface area contributed by atoms with Crippen molar-refractivity contribution in [3.63, 3.8) is 0 Å². The Morgan fingerprint density at radius 1 is 1.28 bits per heavy atom. The first-order valence-electron chi connectivity index (χ1n) is 7.38. The fourth-order valence-corrected chi connectivity index (χ4v) is 5.20. The van der Waals surface area contributed by atoms with Crippen LogP contribution in [-0.4, -0.2) is 57.3 Å². The van der Waals surface area contributed by atoms with Gasteiger partial charge in [-0.25, -0.2) is 13.4 Å². The average molecular weight is 401 g/mol. The summed E-state index contributed by atoms with van der Waals surface area (Å²) in [5.41, 5.74) is 0. The summed E-state index contributed by atoms with van der Waals surface area (Å²) in [6.07, 6.45) is 3.27. The van der Waals surface area contributed by atoms with E-state index in [0.717, 1.165) is 0 Å². The highest BCUT2D eigenvalue weighted by Gasteiger charge is 2.31. The molecule has 0 spiro atoms. The molecule has 1 saturated heterocycles. The van der Waals surface area contributed by atoms with E-state index < -0.39 is 10.0 Å². The number of rotatable bonds is 5. The fraction of sp³-hybridized carbons (Fsp3) is 0.333. The Morgan fingerprint density at radius 2 is 2.00 bits per heavy atom. The quantitative estimate of drug-likeness (QED) is 0.761. The summed E-state index contributed by atoms with van der Waals surface area (Å²) < 4.78 is 32.2. The van der Waals surface area contributed by atoms with Crippen molar-refractivity contribution < 1.29 is 17.9 Å². The van der Waals surface area contributed by atoms with Crippen LogP contribution in [0.2, 0.25) is 5.02 Å². The molecule has 1 radical (unpaired) electrons. The second-order valence-electron chi connectivity index (χ2n) is 5.30. The van der Waals surface area contributed by atoms with Crippen LogP contribution in [0.25, 0.3) is 0 Å². The van der Waals surface area contributed by atoms with Gasteiger partial charge in [-0.3, -0.25) is 4.79 Å². The summed E-state index contributed by atoms with van der Waals surface area (Å²) >= 11 is 7.32. The van der Waals surface area contributed by atoms with Gasteiger partial charge in [-0.05, 0) is 12.1 Å². The van der Waals surface area contributed by atoms with Gasteiger partial charge in [0.15, 0.2) is 5.13 Å². The molecule has 1 aliphatic rings. The molecule has 1 aliphatic heterocycles. The number of hydrogen-bond donors (Lipinski definition) is 0. The van der Waals surface area contributed by atoms with Gasteiger partial charge in [0.1, 0.15) is 15.5 Å². The third-order valence-corrected chi connectivity index (χ3v) is 7.19. The van der Waals surface area contributed by atoms with Crippen LogP contribution in [-0.2, 0) is 14.8 Å². The molecule has 3 rings (SSSR count). The molecule has 0 amide bonds. The fourth-order valence-electron chi connectivity index (χ4n) is 2.53. The highest BCUT2D eigenvalue weighted by molar-refractivity contribution is 7.89. The van der Waals surface area contributed by atoms with E-state index in [-0.39, 0.29) is 9.92 Å². The number of methoxy groups -OCH3 is 1. The molecule has 0 atom stereocenters. The van der Waals surface area contributed by atoms with E-state index in [2.05, 4.69) is 4.98 Å². The van der Waals surface area contributed by atoms with Gasteiger partial charge in [0.2, 0.25) is 16.3 Å². The van der Waals surface area contributed by atoms with Crippen molar-refractivity contribution in [1.29, 1.82) is 0 Å². The molecule has 0 bridgehead atoms. The lowest BCUT2D eigenvalue weighted by atomic mass is 10.3. The summed E-state index contributed by atoms with van der Waals surface area (Å²) in [4.78, 5) is 17.2. The zero-order valence-electron chi connectivity index (χ0n) is 13.3. The smallest absolute Gasteiger partial charge is 0.246 e. The summed E-state index contributed by atoms with van der Waals surface area (Å²) in [6.45, 7) is 1.56. The van der Waals surface area contributed by atoms with Gasteiger partial charge in [0, 0.05) is 32.2 Å². The first-order chi connectivity index (χ1) is 12.0. The molecule has 133 valence electrons. The normalized spacial score (nSPS) is 16.0. The number of halogens is 1. The zero-order chi connectivity index (χ0) is 18.0. The lowest BCUT2D eigenvalue weighted by molar-refractivity contribution is 0.383. The van der Waals surface area contributed by atoms with Gasteiger partial charge in [-0.15, -0.1) is 0 Å². The van der Waals surface area contributed by atoms with Gasteiger partial charge in [-0.1, -0.05) is 22.9 Å². The third kappa shape index (κ3) is 3.64. The number of carbonyl (C=O) groups excluding carboxylic acids is 1. The SMILES string of the molecule is COc1ccc(Cl)c(S(=O)(=O)N2CCN(c3ncc([C]=O)s3)CC2)c1. The zero-order valence-corrected chi connectivity index (χ0v) is 15.7. The van der Waals surface area contributed by atoms with Crippen molar-refractivity contribution in [2.45, 2.75) is 4.90 Å². The Labute approximate surface area is 154 Å². The minimum absolute atomic E-state index is 0.0362. The van der Waals surface area contributed by atoms with Crippen molar-refractivity contribution >= 4 is 44.4 Å². The predicted molar refractivity (Wildman–Crippen MR) is 95.9 cm³/mol. The number of piperazine rings is 1. The van der Waals surface area contributed by atoms with Crippen LogP contribution >= 0.6 is 22.9 Å². The molecule has 2 heterocycles. The van der Waals surface area contributed by atoms with Crippen LogP contribution in [0.5, 0.6) is 5.75 Å². The third-order valence-electron chi connectivity index (χ3n) is 3.86. The van der Waals surface area contributed by atoms with E-state index in [1.54, 1.807) is 12.4 Å². The van der Waals surface area contributed by atoms with Crippen LogP contribution < -0.4 is 9.64 Å². The summed E-state index contributed by atoms with van der Waals surface area (Å²) in [5.74, 6) is 0.432. The van der Waals surface area contributed by atoms with E-state index >= 15 is 0 Å². The van der Waals surface area contributed by atoms with Gasteiger partial charge >= 0.3 is 0 Å². The molecule has 0 unspecified atom stereocenters. The Kier molecular flexibility index (Phi) is 5.28. The van der Waals surface area contributed by atoms with E-state index in [4.69, 9.17) is 16.3 Å². The number of hydrogen-bond acceptors (Lipinski definition) is 7. The summed E-state index contributed by atoms with van der Waals surface area (Å²) in [5, 5.41) is 0.851. The highest BCUT2D eigenvalue weighted by atomic mass is 35.5. The molecule has 0 N–H and O–H groups in total. The number of ether oxygens (including phenoxy) is 1. The highest BCUT2D eigenvalue weighted by Crippen LogP contribution is 2.30. The van der Waals surface area contributed by atoms with Crippen LogP contribution in [0.1, 0.15) is 4.88 Å². The van der Waals surface area contributed by atoms with Gasteiger partial charge in [0.05, 0.1) is 18.3 Å². The maximum absolute atomic E-state index is 12.9. The molecule has 1 aromatic carbocycles. The van der Waals surface area contributed by atoms with Crippen LogP contribution in [0.4, 0.5) is 5.13 Å². The lowest BCUT2D eigenvalue weighted by Crippen LogP contribution is -2.48. The molecule has 0 saturated carbocycles. The van der Waals surface area contributed by atoms with Gasteiger partial charge in [-0.2, -0.15) is 4.31 Å². The molecule has 1 aromatic heterocycles. The van der Waals surface area contributed by atoms with Crippen molar-refractivity contribution in [3.05, 3.63) is 34.3 Å². The number of aromatic nitrogens is 1. The van der Waals surface area contributed by atoms with Gasteiger partial charge in [0.25, 0.3) is 0 Å². The molecule has 0 aliphatic carbocycles. The Hall–Kier alpha value is -1.68. The van der Waals surface area contributed by atoms with Crippen LogP contribution in [0.15, 0.2) is 29.3 Å². The summed E-state index contributed by atoms with van der Waals surface area (Å²) in [7, 11) is -2.25. The standard InChI is InChI=1S/C15H15ClN3O4S2/c1-23-11-2-3-13(16)14(8-11)25(21,22)19-6-4-18(5-7-19)15-17-9-12(10-20)24-15/h2-3,8-9H,4-7H2,1H3. The molecule has 10 heteroatoms. The molecular weight excluding hydrogens is 386 g/mol. The molecule has 2 aromatic rings. The number of anilines is 1. The van der Waals surface area contributed by atoms with Crippen molar-refractivity contribution in [2.24, 2.45) is 0 Å². The number of thiazole rings is 1. The van der Waals surface area contributed by atoms with E-state index in [0.29, 0.717) is 41.9 Å². The van der Waals surface area contributed by atoms with Crippen LogP contribution in [0.3, 0.4) is 0 Å². The maximum atomic E-state index is 12.9. The monoisotopic (exact) mass is 400 g/mol. The van der Waals surface area contributed by atoms with Crippen molar-refractivity contribution in [2.75, 3.05) is 38.2 Å². The predicted octanol–water partition coefficient (Wildman–Crippen LogP) is 1.77. The Balaban J connectivity index is 1.76. The molecule has 7 nitrogen and oxygen atoms in total. The van der Waals surface area contributed by atoms with E-state index in [1.807, 2.05) is 4.90 Å². The Bertz CT molecular complexity index is 877. The average Bonchev–Trinajstić information content (AvgIpc) is 3.11. The van der Waals surface area contributed by atoms with E-state index in [1.165, 1.54) is 41.1 Å². The molecule has 25 heavy (non-hydrogen) atoms. The van der Waals surface area contributed by atoms with Crippen molar-refractivity contribution in [3.8, 4) is 5.75 Å². The first kappa shape index (κ1) is 18.1. The number of sulfonamides is 1. The number of benzene rings is 1. The maximum Gasteiger partial charge on any atom is 0.246 e.